The van der Waals surface area contributed by atoms with Gasteiger partial charge in [-0.2, -0.15) is 0 Å². The van der Waals surface area contributed by atoms with Crippen LogP contribution in [0, 0.1) is 11.6 Å². The number of amides is 2. The maximum atomic E-state index is 13.6. The molecule has 2 aromatic heterocycles. The molecular formula is C17H10ClF2N5O2. The van der Waals surface area contributed by atoms with Crippen LogP contribution in [0.4, 0.5) is 20.3 Å². The van der Waals surface area contributed by atoms with Gasteiger partial charge in [-0.3, -0.25) is 9.59 Å². The van der Waals surface area contributed by atoms with Gasteiger partial charge in [-0.05, 0) is 30.3 Å². The van der Waals surface area contributed by atoms with Gasteiger partial charge in [0.15, 0.2) is 5.82 Å². The maximum absolute atomic E-state index is 13.6. The average molecular weight is 390 g/mol. The summed E-state index contributed by atoms with van der Waals surface area (Å²) >= 11 is 5.73. The standard InChI is InChI=1S/C17H10ClF2N5O2/c18-9-1-4-14(21-6-9)25-16(26)12-5-10(19)2-3-13(12)24-17(27)15-22-7-11(20)8-23-15/h1-8H,(H,24,27)(H,21,25,26). The number of hydrogen-bond donors (Lipinski definition) is 2. The van der Waals surface area contributed by atoms with Gasteiger partial charge in [0.25, 0.3) is 11.8 Å². The summed E-state index contributed by atoms with van der Waals surface area (Å²) < 4.78 is 26.5. The molecule has 0 saturated carbocycles. The Labute approximate surface area is 156 Å². The van der Waals surface area contributed by atoms with Crippen LogP contribution in [0.15, 0.2) is 48.9 Å². The molecule has 1 aromatic carbocycles. The second-order valence-electron chi connectivity index (χ2n) is 5.18. The molecule has 0 aliphatic carbocycles. The van der Waals surface area contributed by atoms with Crippen molar-refractivity contribution in [3.05, 3.63) is 77.0 Å². The molecule has 27 heavy (non-hydrogen) atoms. The number of rotatable bonds is 4. The zero-order valence-corrected chi connectivity index (χ0v) is 14.2. The first-order chi connectivity index (χ1) is 12.9. The van der Waals surface area contributed by atoms with Gasteiger partial charge >= 0.3 is 0 Å². The summed E-state index contributed by atoms with van der Waals surface area (Å²) in [5.41, 5.74) is -0.136. The molecule has 2 amide bonds. The third-order valence-corrected chi connectivity index (χ3v) is 3.49. The molecule has 3 aromatic rings. The van der Waals surface area contributed by atoms with E-state index in [2.05, 4.69) is 25.6 Å². The number of nitrogens with zero attached hydrogens (tertiary/aromatic N) is 3. The van der Waals surface area contributed by atoms with E-state index in [1.54, 1.807) is 0 Å². The predicted molar refractivity (Wildman–Crippen MR) is 93.5 cm³/mol. The molecule has 0 radical (unpaired) electrons. The molecular weight excluding hydrogens is 380 g/mol. The summed E-state index contributed by atoms with van der Waals surface area (Å²) in [5, 5.41) is 5.24. The van der Waals surface area contributed by atoms with Crippen LogP contribution in [0.5, 0.6) is 0 Å². The summed E-state index contributed by atoms with van der Waals surface area (Å²) in [7, 11) is 0. The van der Waals surface area contributed by atoms with E-state index in [-0.39, 0.29) is 22.9 Å². The number of anilines is 2. The van der Waals surface area contributed by atoms with Gasteiger partial charge in [0, 0.05) is 6.20 Å². The van der Waals surface area contributed by atoms with Crippen LogP contribution in [-0.4, -0.2) is 26.8 Å². The van der Waals surface area contributed by atoms with Crippen molar-refractivity contribution in [2.45, 2.75) is 0 Å². The van der Waals surface area contributed by atoms with Crippen molar-refractivity contribution < 1.29 is 18.4 Å². The molecule has 2 heterocycles. The zero-order valence-electron chi connectivity index (χ0n) is 13.4. The second kappa shape index (κ2) is 7.83. The third-order valence-electron chi connectivity index (χ3n) is 3.27. The first kappa shape index (κ1) is 18.3. The number of carbonyl (C=O) groups excluding carboxylic acids is 2. The van der Waals surface area contributed by atoms with Crippen LogP contribution < -0.4 is 10.6 Å². The number of nitrogens with one attached hydrogen (secondary N) is 2. The van der Waals surface area contributed by atoms with Crippen molar-refractivity contribution in [1.82, 2.24) is 15.0 Å². The topological polar surface area (TPSA) is 96.9 Å². The Bertz CT molecular complexity index is 997. The fraction of sp³-hybridized carbons (Fsp3) is 0. The lowest BCUT2D eigenvalue weighted by Gasteiger charge is -2.11. The van der Waals surface area contributed by atoms with Crippen LogP contribution in [0.2, 0.25) is 5.02 Å². The third kappa shape index (κ3) is 4.59. The van der Waals surface area contributed by atoms with Crippen LogP contribution in [0.1, 0.15) is 21.0 Å². The zero-order chi connectivity index (χ0) is 19.4. The van der Waals surface area contributed by atoms with Crippen LogP contribution in [0.25, 0.3) is 0 Å². The molecule has 136 valence electrons. The summed E-state index contributed by atoms with van der Waals surface area (Å²) in [6.07, 6.45) is 2.98. The molecule has 3 rings (SSSR count). The molecule has 0 unspecified atom stereocenters. The van der Waals surface area contributed by atoms with Crippen molar-refractivity contribution in [2.75, 3.05) is 10.6 Å². The van der Waals surface area contributed by atoms with Crippen molar-refractivity contribution in [3.8, 4) is 0 Å². The molecule has 0 aliphatic rings. The fourth-order valence-corrected chi connectivity index (χ4v) is 2.17. The molecule has 10 heteroatoms. The normalized spacial score (nSPS) is 10.3. The Kier molecular flexibility index (Phi) is 5.32. The number of hydrogen-bond acceptors (Lipinski definition) is 5. The summed E-state index contributed by atoms with van der Waals surface area (Å²) in [6.45, 7) is 0. The minimum absolute atomic E-state index is 0.0146. The second-order valence-corrected chi connectivity index (χ2v) is 5.62. The van der Waals surface area contributed by atoms with Gasteiger partial charge in [-0.25, -0.2) is 23.7 Å². The molecule has 0 saturated heterocycles. The molecule has 0 spiro atoms. The highest BCUT2D eigenvalue weighted by Gasteiger charge is 2.17. The number of pyridine rings is 1. The van der Waals surface area contributed by atoms with Crippen LogP contribution in [0.3, 0.4) is 0 Å². The average Bonchev–Trinajstić information content (AvgIpc) is 2.65. The van der Waals surface area contributed by atoms with E-state index in [1.165, 1.54) is 24.4 Å². The first-order valence-corrected chi connectivity index (χ1v) is 7.81. The lowest BCUT2D eigenvalue weighted by atomic mass is 10.1. The van der Waals surface area contributed by atoms with Gasteiger partial charge < -0.3 is 10.6 Å². The van der Waals surface area contributed by atoms with Gasteiger partial charge in [-0.15, -0.1) is 0 Å². The van der Waals surface area contributed by atoms with Gasteiger partial charge in [0.05, 0.1) is 28.7 Å². The largest absolute Gasteiger partial charge is 0.318 e. The molecule has 0 bridgehead atoms. The quantitative estimate of drug-likeness (QED) is 0.713. The van der Waals surface area contributed by atoms with E-state index in [0.717, 1.165) is 24.5 Å². The van der Waals surface area contributed by atoms with E-state index in [0.29, 0.717) is 5.02 Å². The molecule has 2 N–H and O–H groups in total. The molecule has 0 fully saturated rings. The first-order valence-electron chi connectivity index (χ1n) is 7.44. The van der Waals surface area contributed by atoms with E-state index in [9.17, 15) is 18.4 Å². The van der Waals surface area contributed by atoms with E-state index in [4.69, 9.17) is 11.6 Å². The minimum atomic E-state index is -0.791. The Morgan fingerprint density at radius 2 is 1.59 bits per heavy atom. The van der Waals surface area contributed by atoms with Crippen LogP contribution in [-0.2, 0) is 0 Å². The smallest absolute Gasteiger partial charge is 0.293 e. The number of carbonyl (C=O) groups is 2. The highest BCUT2D eigenvalue weighted by atomic mass is 35.5. The fourth-order valence-electron chi connectivity index (χ4n) is 2.05. The summed E-state index contributed by atoms with van der Waals surface area (Å²) in [5.74, 6) is -3.01. The van der Waals surface area contributed by atoms with Crippen molar-refractivity contribution in [1.29, 1.82) is 0 Å². The monoisotopic (exact) mass is 389 g/mol. The number of aromatic nitrogens is 3. The highest BCUT2D eigenvalue weighted by molar-refractivity contribution is 6.30. The molecule has 7 nitrogen and oxygen atoms in total. The number of halogens is 3. The molecule has 0 aliphatic heterocycles. The Hall–Kier alpha value is -3.46. The van der Waals surface area contributed by atoms with Gasteiger partial charge in [0.2, 0.25) is 5.82 Å². The van der Waals surface area contributed by atoms with Crippen LogP contribution >= 0.6 is 11.6 Å². The SMILES string of the molecule is O=C(Nc1ccc(F)cc1C(=O)Nc1ccc(Cl)cn1)c1ncc(F)cn1. The van der Waals surface area contributed by atoms with E-state index < -0.39 is 23.4 Å². The summed E-state index contributed by atoms with van der Waals surface area (Å²) in [6, 6.07) is 6.21. The van der Waals surface area contributed by atoms with E-state index in [1.807, 2.05) is 0 Å². The maximum Gasteiger partial charge on any atom is 0.293 e. The Morgan fingerprint density at radius 3 is 2.26 bits per heavy atom. The van der Waals surface area contributed by atoms with Gasteiger partial charge in [0.1, 0.15) is 11.6 Å². The number of benzene rings is 1. The Morgan fingerprint density at radius 1 is 0.852 bits per heavy atom. The van der Waals surface area contributed by atoms with E-state index >= 15 is 0 Å². The van der Waals surface area contributed by atoms with Crippen molar-refractivity contribution in [2.24, 2.45) is 0 Å². The Balaban J connectivity index is 1.83. The lowest BCUT2D eigenvalue weighted by molar-refractivity contribution is 0.101. The minimum Gasteiger partial charge on any atom is -0.318 e. The lowest BCUT2D eigenvalue weighted by Crippen LogP contribution is -2.20. The predicted octanol–water partition coefficient (Wildman–Crippen LogP) is 3.31. The molecule has 0 atom stereocenters. The summed E-state index contributed by atoms with van der Waals surface area (Å²) in [4.78, 5) is 35.6. The van der Waals surface area contributed by atoms with Gasteiger partial charge in [-0.1, -0.05) is 11.6 Å². The van der Waals surface area contributed by atoms with Crippen molar-refractivity contribution in [3.63, 3.8) is 0 Å². The van der Waals surface area contributed by atoms with Crippen molar-refractivity contribution >= 4 is 34.9 Å². The highest BCUT2D eigenvalue weighted by Crippen LogP contribution is 2.20.